The maximum Gasteiger partial charge on any atom is 0.315 e. The summed E-state index contributed by atoms with van der Waals surface area (Å²) in [5.41, 5.74) is -0.107. The zero-order chi connectivity index (χ0) is 9.19. The lowest BCUT2D eigenvalue weighted by Crippen LogP contribution is -2.47. The minimum Gasteiger partial charge on any atom is -0.464 e. The molecule has 1 fully saturated rings. The van der Waals surface area contributed by atoms with E-state index in [0.717, 1.165) is 19.3 Å². The van der Waals surface area contributed by atoms with E-state index in [2.05, 4.69) is 20.8 Å². The Morgan fingerprint density at radius 1 is 1.58 bits per heavy atom. The topological polar surface area (TPSA) is 26.3 Å². The highest BCUT2D eigenvalue weighted by atomic mass is 16.6. The Bertz CT molecular complexity index is 171. The maximum atomic E-state index is 11.2. The van der Waals surface area contributed by atoms with Crippen LogP contribution in [0.15, 0.2) is 0 Å². The van der Waals surface area contributed by atoms with Crippen molar-refractivity contribution in [1.29, 1.82) is 0 Å². The van der Waals surface area contributed by atoms with Crippen molar-refractivity contribution >= 4 is 5.97 Å². The Kier molecular flexibility index (Phi) is 2.76. The van der Waals surface area contributed by atoms with Crippen LogP contribution in [-0.4, -0.2) is 12.6 Å². The second-order valence-electron chi connectivity index (χ2n) is 4.14. The van der Waals surface area contributed by atoms with Crippen LogP contribution < -0.4 is 0 Å². The largest absolute Gasteiger partial charge is 0.464 e. The third-order valence-electron chi connectivity index (χ3n) is 2.79. The van der Waals surface area contributed by atoms with Crippen LogP contribution in [0, 0.1) is 11.3 Å². The Morgan fingerprint density at radius 2 is 2.25 bits per heavy atom. The molecule has 1 heterocycles. The fourth-order valence-corrected chi connectivity index (χ4v) is 1.50. The molecule has 1 rings (SSSR count). The lowest BCUT2D eigenvalue weighted by atomic mass is 9.77. The third-order valence-corrected chi connectivity index (χ3v) is 2.79. The summed E-state index contributed by atoms with van der Waals surface area (Å²) in [6.07, 6.45) is 3.06. The molecule has 0 spiro atoms. The molecule has 0 radical (unpaired) electrons. The lowest BCUT2D eigenvalue weighted by Gasteiger charge is -2.38. The van der Waals surface area contributed by atoms with E-state index in [-0.39, 0.29) is 11.4 Å². The normalized spacial score (nSPS) is 28.5. The number of ether oxygens (including phenoxy) is 1. The molecule has 0 N–H and O–H groups in total. The first-order chi connectivity index (χ1) is 5.60. The number of hydrogen-bond acceptors (Lipinski definition) is 2. The molecule has 1 aliphatic heterocycles. The number of carbonyl (C=O) groups excluding carboxylic acids is 1. The van der Waals surface area contributed by atoms with Crippen molar-refractivity contribution in [2.75, 3.05) is 6.61 Å². The smallest absolute Gasteiger partial charge is 0.315 e. The number of esters is 1. The molecule has 0 aromatic rings. The van der Waals surface area contributed by atoms with Gasteiger partial charge in [0.1, 0.15) is 12.0 Å². The summed E-state index contributed by atoms with van der Waals surface area (Å²) in [5, 5.41) is 0. The first-order valence-electron chi connectivity index (χ1n) is 4.78. The van der Waals surface area contributed by atoms with E-state index in [4.69, 9.17) is 4.74 Å². The van der Waals surface area contributed by atoms with Crippen molar-refractivity contribution in [3.05, 3.63) is 0 Å². The highest BCUT2D eigenvalue weighted by Gasteiger charge is 2.46. The van der Waals surface area contributed by atoms with Crippen LogP contribution in [0.5, 0.6) is 0 Å². The van der Waals surface area contributed by atoms with Crippen molar-refractivity contribution in [3.8, 4) is 0 Å². The Balaban J connectivity index is 2.41. The summed E-state index contributed by atoms with van der Waals surface area (Å²) >= 11 is 0. The highest BCUT2D eigenvalue weighted by Crippen LogP contribution is 2.38. The zero-order valence-corrected chi connectivity index (χ0v) is 8.22. The standard InChI is InChI=1S/C10H18O2/c1-4-10(6-5-8(2)3)7-12-9(10)11/h8H,4-7H2,1-3H3. The van der Waals surface area contributed by atoms with Crippen LogP contribution in [0.25, 0.3) is 0 Å². The van der Waals surface area contributed by atoms with Crippen LogP contribution in [0.2, 0.25) is 0 Å². The summed E-state index contributed by atoms with van der Waals surface area (Å²) in [4.78, 5) is 11.2. The summed E-state index contributed by atoms with van der Waals surface area (Å²) < 4.78 is 4.83. The number of rotatable bonds is 4. The Hall–Kier alpha value is -0.530. The third kappa shape index (κ3) is 1.62. The van der Waals surface area contributed by atoms with E-state index in [0.29, 0.717) is 12.5 Å². The van der Waals surface area contributed by atoms with Gasteiger partial charge in [-0.25, -0.2) is 0 Å². The minimum atomic E-state index is -0.107. The molecule has 1 saturated heterocycles. The first-order valence-corrected chi connectivity index (χ1v) is 4.78. The van der Waals surface area contributed by atoms with E-state index in [1.165, 1.54) is 0 Å². The molecular formula is C10H18O2. The van der Waals surface area contributed by atoms with Gasteiger partial charge >= 0.3 is 5.97 Å². The minimum absolute atomic E-state index is 0.0191. The quantitative estimate of drug-likeness (QED) is 0.605. The van der Waals surface area contributed by atoms with E-state index in [1.807, 2.05) is 0 Å². The summed E-state index contributed by atoms with van der Waals surface area (Å²) in [7, 11) is 0. The Labute approximate surface area is 74.3 Å². The molecule has 0 bridgehead atoms. The van der Waals surface area contributed by atoms with Gasteiger partial charge in [0.05, 0.1) is 0 Å². The van der Waals surface area contributed by atoms with E-state index >= 15 is 0 Å². The summed E-state index contributed by atoms with van der Waals surface area (Å²) in [6, 6.07) is 0. The van der Waals surface area contributed by atoms with Crippen molar-refractivity contribution < 1.29 is 9.53 Å². The van der Waals surface area contributed by atoms with Gasteiger partial charge in [-0.2, -0.15) is 0 Å². The highest BCUT2D eigenvalue weighted by molar-refractivity contribution is 5.81. The molecule has 2 nitrogen and oxygen atoms in total. The molecule has 70 valence electrons. The molecule has 12 heavy (non-hydrogen) atoms. The number of carbonyl (C=O) groups is 1. The van der Waals surface area contributed by atoms with Gasteiger partial charge in [-0.15, -0.1) is 0 Å². The molecule has 1 atom stereocenters. The van der Waals surface area contributed by atoms with Gasteiger partial charge < -0.3 is 4.74 Å². The molecule has 0 aromatic heterocycles. The maximum absolute atomic E-state index is 11.2. The van der Waals surface area contributed by atoms with Gasteiger partial charge in [0.15, 0.2) is 0 Å². The number of hydrogen-bond donors (Lipinski definition) is 0. The fraction of sp³-hybridized carbons (Fsp3) is 0.900. The predicted molar refractivity (Wildman–Crippen MR) is 47.8 cm³/mol. The lowest BCUT2D eigenvalue weighted by molar-refractivity contribution is -0.187. The van der Waals surface area contributed by atoms with Gasteiger partial charge in [0.2, 0.25) is 0 Å². The van der Waals surface area contributed by atoms with Crippen molar-refractivity contribution in [3.63, 3.8) is 0 Å². The Morgan fingerprint density at radius 3 is 2.50 bits per heavy atom. The van der Waals surface area contributed by atoms with Crippen LogP contribution in [0.4, 0.5) is 0 Å². The van der Waals surface area contributed by atoms with Crippen molar-refractivity contribution in [2.24, 2.45) is 11.3 Å². The molecule has 0 amide bonds. The zero-order valence-electron chi connectivity index (χ0n) is 8.22. The molecule has 0 aromatic carbocycles. The monoisotopic (exact) mass is 170 g/mol. The van der Waals surface area contributed by atoms with Crippen LogP contribution in [0.1, 0.15) is 40.0 Å². The molecule has 2 heteroatoms. The molecule has 0 aliphatic carbocycles. The SMILES string of the molecule is CCC1(CCC(C)C)COC1=O. The molecule has 1 unspecified atom stereocenters. The van der Waals surface area contributed by atoms with Crippen LogP contribution in [0.3, 0.4) is 0 Å². The summed E-state index contributed by atoms with van der Waals surface area (Å²) in [6.45, 7) is 7.09. The predicted octanol–water partition coefficient (Wildman–Crippen LogP) is 2.38. The van der Waals surface area contributed by atoms with E-state index in [1.54, 1.807) is 0 Å². The van der Waals surface area contributed by atoms with Gasteiger partial charge in [-0.05, 0) is 25.2 Å². The summed E-state index contributed by atoms with van der Waals surface area (Å²) in [5.74, 6) is 0.701. The van der Waals surface area contributed by atoms with Gasteiger partial charge in [-0.1, -0.05) is 20.8 Å². The first kappa shape index (κ1) is 9.56. The molecule has 0 saturated carbocycles. The van der Waals surface area contributed by atoms with Gasteiger partial charge in [0, 0.05) is 0 Å². The van der Waals surface area contributed by atoms with Crippen LogP contribution >= 0.6 is 0 Å². The van der Waals surface area contributed by atoms with Gasteiger partial charge in [-0.3, -0.25) is 4.79 Å². The van der Waals surface area contributed by atoms with Crippen molar-refractivity contribution in [1.82, 2.24) is 0 Å². The average Bonchev–Trinajstić information content (AvgIpc) is 2.03. The second kappa shape index (κ2) is 3.46. The number of cyclic esters (lactones) is 1. The van der Waals surface area contributed by atoms with E-state index < -0.39 is 0 Å². The average molecular weight is 170 g/mol. The van der Waals surface area contributed by atoms with Crippen LogP contribution in [-0.2, 0) is 9.53 Å². The van der Waals surface area contributed by atoms with Crippen molar-refractivity contribution in [2.45, 2.75) is 40.0 Å². The van der Waals surface area contributed by atoms with E-state index in [9.17, 15) is 4.79 Å². The molecule has 1 aliphatic rings. The second-order valence-corrected chi connectivity index (χ2v) is 4.14. The van der Waals surface area contributed by atoms with Gasteiger partial charge in [0.25, 0.3) is 0 Å². The molecular weight excluding hydrogens is 152 g/mol. The fourth-order valence-electron chi connectivity index (χ4n) is 1.50.